The van der Waals surface area contributed by atoms with Gasteiger partial charge in [0.1, 0.15) is 6.10 Å². The van der Waals surface area contributed by atoms with Gasteiger partial charge in [-0.1, -0.05) is 54.1 Å². The molecule has 0 aliphatic carbocycles. The fourth-order valence-electron chi connectivity index (χ4n) is 4.30. The Labute approximate surface area is 195 Å². The van der Waals surface area contributed by atoms with Crippen LogP contribution in [-0.2, 0) is 0 Å². The van der Waals surface area contributed by atoms with E-state index in [4.69, 9.17) is 16.3 Å². The highest BCUT2D eigenvalue weighted by Crippen LogP contribution is 2.30. The lowest BCUT2D eigenvalue weighted by atomic mass is 10.0. The van der Waals surface area contributed by atoms with Crippen LogP contribution in [0.25, 0.3) is 0 Å². The van der Waals surface area contributed by atoms with E-state index in [9.17, 15) is 4.39 Å². The summed E-state index contributed by atoms with van der Waals surface area (Å²) in [7, 11) is 0. The Bertz CT molecular complexity index is 1050. The van der Waals surface area contributed by atoms with E-state index in [2.05, 4.69) is 34.9 Å². The Kier molecular flexibility index (Phi) is 7.33. The second-order valence-corrected chi connectivity index (χ2v) is 8.87. The number of hydrogen-bond donors (Lipinski definition) is 0. The third kappa shape index (κ3) is 5.43. The maximum atomic E-state index is 14.4. The van der Waals surface area contributed by atoms with Crippen LogP contribution in [0, 0.1) is 19.7 Å². The molecule has 0 unspecified atom stereocenters. The van der Waals surface area contributed by atoms with Gasteiger partial charge in [-0.3, -0.25) is 4.90 Å². The SMILES string of the molecule is Cc1ccc(F)c(O[C@@H](CCN2CCN(c3ccccc3Cl)CC2)c2ccccc2C)c1. The number of aryl methyl sites for hydroxylation is 2. The van der Waals surface area contributed by atoms with Gasteiger partial charge >= 0.3 is 0 Å². The minimum Gasteiger partial charge on any atom is -0.483 e. The molecule has 0 aromatic heterocycles. The minimum absolute atomic E-state index is 0.200. The van der Waals surface area contributed by atoms with Crippen molar-refractivity contribution in [3.05, 3.63) is 94.3 Å². The number of nitrogens with zero attached hydrogens (tertiary/aromatic N) is 2. The monoisotopic (exact) mass is 452 g/mol. The molecule has 1 saturated heterocycles. The summed E-state index contributed by atoms with van der Waals surface area (Å²) in [5.41, 5.74) is 4.36. The second kappa shape index (κ2) is 10.4. The molecule has 0 radical (unpaired) electrons. The molecule has 0 bridgehead atoms. The molecule has 3 aromatic carbocycles. The summed E-state index contributed by atoms with van der Waals surface area (Å²) in [5, 5.41) is 0.800. The Hall–Kier alpha value is -2.56. The first-order valence-corrected chi connectivity index (χ1v) is 11.6. The minimum atomic E-state index is -0.317. The van der Waals surface area contributed by atoms with E-state index in [-0.39, 0.29) is 11.9 Å². The zero-order chi connectivity index (χ0) is 22.5. The number of rotatable bonds is 7. The fourth-order valence-corrected chi connectivity index (χ4v) is 4.56. The predicted octanol–water partition coefficient (Wildman–Crippen LogP) is 6.43. The number of hydrogen-bond acceptors (Lipinski definition) is 3. The Morgan fingerprint density at radius 1 is 0.938 bits per heavy atom. The third-order valence-electron chi connectivity index (χ3n) is 6.16. The molecule has 3 nitrogen and oxygen atoms in total. The van der Waals surface area contributed by atoms with Crippen LogP contribution in [0.2, 0.25) is 5.02 Å². The normalized spacial score (nSPS) is 15.6. The smallest absolute Gasteiger partial charge is 0.165 e. The van der Waals surface area contributed by atoms with E-state index in [1.165, 1.54) is 6.07 Å². The van der Waals surface area contributed by atoms with Crippen LogP contribution in [0.5, 0.6) is 5.75 Å². The molecular weight excluding hydrogens is 423 g/mol. The summed E-state index contributed by atoms with van der Waals surface area (Å²) < 4.78 is 20.7. The summed E-state index contributed by atoms with van der Waals surface area (Å²) in [6, 6.07) is 21.3. The van der Waals surface area contributed by atoms with Crippen LogP contribution in [-0.4, -0.2) is 37.6 Å². The van der Waals surface area contributed by atoms with Crippen molar-refractivity contribution in [2.75, 3.05) is 37.6 Å². The second-order valence-electron chi connectivity index (χ2n) is 8.47. The highest BCUT2D eigenvalue weighted by atomic mass is 35.5. The maximum Gasteiger partial charge on any atom is 0.165 e. The summed E-state index contributed by atoms with van der Waals surface area (Å²) in [4.78, 5) is 4.80. The Balaban J connectivity index is 1.42. The van der Waals surface area contributed by atoms with Crippen LogP contribution < -0.4 is 9.64 Å². The van der Waals surface area contributed by atoms with E-state index in [1.807, 2.05) is 37.3 Å². The van der Waals surface area contributed by atoms with E-state index >= 15 is 0 Å². The van der Waals surface area contributed by atoms with Crippen molar-refractivity contribution in [2.24, 2.45) is 0 Å². The third-order valence-corrected chi connectivity index (χ3v) is 6.48. The van der Waals surface area contributed by atoms with Gasteiger partial charge in [0.25, 0.3) is 0 Å². The molecule has 5 heteroatoms. The van der Waals surface area contributed by atoms with Gasteiger partial charge in [-0.2, -0.15) is 0 Å². The van der Waals surface area contributed by atoms with Crippen molar-refractivity contribution in [1.29, 1.82) is 0 Å². The molecular formula is C27H30ClFN2O. The average molecular weight is 453 g/mol. The molecule has 1 aliphatic heterocycles. The molecule has 32 heavy (non-hydrogen) atoms. The largest absolute Gasteiger partial charge is 0.483 e. The van der Waals surface area contributed by atoms with E-state index in [1.54, 1.807) is 12.1 Å². The lowest BCUT2D eigenvalue weighted by Crippen LogP contribution is -2.47. The van der Waals surface area contributed by atoms with Gasteiger partial charge in [0, 0.05) is 39.1 Å². The van der Waals surface area contributed by atoms with E-state index in [0.29, 0.717) is 5.75 Å². The van der Waals surface area contributed by atoms with Crippen molar-refractivity contribution in [1.82, 2.24) is 4.90 Å². The van der Waals surface area contributed by atoms with Crippen LogP contribution in [0.1, 0.15) is 29.2 Å². The van der Waals surface area contributed by atoms with E-state index in [0.717, 1.165) is 66.5 Å². The molecule has 1 heterocycles. The molecule has 1 atom stereocenters. The van der Waals surface area contributed by atoms with E-state index < -0.39 is 0 Å². The molecule has 4 rings (SSSR count). The fraction of sp³-hybridized carbons (Fsp3) is 0.333. The van der Waals surface area contributed by atoms with Crippen molar-refractivity contribution < 1.29 is 9.13 Å². The highest BCUT2D eigenvalue weighted by molar-refractivity contribution is 6.33. The highest BCUT2D eigenvalue weighted by Gasteiger charge is 2.22. The number of anilines is 1. The van der Waals surface area contributed by atoms with Crippen LogP contribution in [0.4, 0.5) is 10.1 Å². The molecule has 0 amide bonds. The molecule has 168 valence electrons. The van der Waals surface area contributed by atoms with Crippen molar-refractivity contribution >= 4 is 17.3 Å². The lowest BCUT2D eigenvalue weighted by molar-refractivity contribution is 0.154. The van der Waals surface area contributed by atoms with Gasteiger partial charge in [-0.25, -0.2) is 4.39 Å². The van der Waals surface area contributed by atoms with Crippen molar-refractivity contribution in [2.45, 2.75) is 26.4 Å². The number of benzene rings is 3. The summed E-state index contributed by atoms with van der Waals surface area (Å²) >= 11 is 6.38. The molecule has 3 aromatic rings. The first-order valence-electron chi connectivity index (χ1n) is 11.2. The molecule has 1 aliphatic rings. The van der Waals surface area contributed by atoms with Crippen LogP contribution >= 0.6 is 11.6 Å². The summed E-state index contributed by atoms with van der Waals surface area (Å²) in [6.45, 7) is 8.73. The van der Waals surface area contributed by atoms with Gasteiger partial charge in [-0.15, -0.1) is 0 Å². The number of piperazine rings is 1. The number of para-hydroxylation sites is 1. The molecule has 1 fully saturated rings. The Morgan fingerprint density at radius 3 is 2.41 bits per heavy atom. The van der Waals surface area contributed by atoms with Gasteiger partial charge < -0.3 is 9.64 Å². The first-order chi connectivity index (χ1) is 15.5. The van der Waals surface area contributed by atoms with Crippen LogP contribution in [0.15, 0.2) is 66.7 Å². The van der Waals surface area contributed by atoms with Gasteiger partial charge in [0.2, 0.25) is 0 Å². The van der Waals surface area contributed by atoms with Gasteiger partial charge in [-0.05, 0) is 54.8 Å². The Morgan fingerprint density at radius 2 is 1.66 bits per heavy atom. The quantitative estimate of drug-likeness (QED) is 0.411. The molecule has 0 spiro atoms. The lowest BCUT2D eigenvalue weighted by Gasteiger charge is -2.37. The predicted molar refractivity (Wildman–Crippen MR) is 130 cm³/mol. The first kappa shape index (κ1) is 22.6. The van der Waals surface area contributed by atoms with Crippen LogP contribution in [0.3, 0.4) is 0 Å². The average Bonchev–Trinajstić information content (AvgIpc) is 2.80. The standard InChI is InChI=1S/C27H30ClFN2O/c1-20-11-12-24(29)27(19-20)32-26(22-8-4-3-7-21(22)2)13-14-30-15-17-31(18-16-30)25-10-6-5-9-23(25)28/h3-12,19,26H,13-18H2,1-2H3/t26-/m0/s1. The number of halogens is 2. The summed E-state index contributed by atoms with van der Waals surface area (Å²) in [5.74, 6) is 0.00401. The van der Waals surface area contributed by atoms with Crippen molar-refractivity contribution in [3.8, 4) is 5.75 Å². The molecule has 0 saturated carbocycles. The maximum absolute atomic E-state index is 14.4. The topological polar surface area (TPSA) is 15.7 Å². The zero-order valence-corrected chi connectivity index (χ0v) is 19.5. The summed E-state index contributed by atoms with van der Waals surface area (Å²) in [6.07, 6.45) is 0.596. The van der Waals surface area contributed by atoms with Gasteiger partial charge in [0.05, 0.1) is 10.7 Å². The zero-order valence-electron chi connectivity index (χ0n) is 18.7. The number of ether oxygens (including phenoxy) is 1. The van der Waals surface area contributed by atoms with Gasteiger partial charge in [0.15, 0.2) is 11.6 Å². The molecule has 0 N–H and O–H groups in total. The van der Waals surface area contributed by atoms with Crippen molar-refractivity contribution in [3.63, 3.8) is 0 Å².